The van der Waals surface area contributed by atoms with Crippen LogP contribution >= 0.6 is 22.6 Å². The molecule has 0 aromatic heterocycles. The van der Waals surface area contributed by atoms with Crippen molar-refractivity contribution in [2.45, 2.75) is 20.0 Å². The molecular weight excluding hydrogens is 279 g/mol. The normalized spacial score (nSPS) is 12.2. The highest BCUT2D eigenvalue weighted by Gasteiger charge is 2.10. The Hall–Kier alpha value is -0.580. The molecule has 0 spiro atoms. The molecule has 0 aliphatic carbocycles. The van der Waals surface area contributed by atoms with Crippen molar-refractivity contribution in [1.29, 1.82) is 0 Å². The first-order chi connectivity index (χ1) is 6.11. The van der Waals surface area contributed by atoms with Gasteiger partial charge in [0.2, 0.25) is 0 Å². The number of para-hydroxylation sites is 1. The summed E-state index contributed by atoms with van der Waals surface area (Å²) in [6.45, 7) is 3.28. The second kappa shape index (κ2) is 4.60. The number of benzene rings is 1. The van der Waals surface area contributed by atoms with Gasteiger partial charge < -0.3 is 4.74 Å². The van der Waals surface area contributed by atoms with Gasteiger partial charge in [-0.15, -0.1) is 0 Å². The molecule has 0 aliphatic rings. The zero-order valence-electron chi connectivity index (χ0n) is 7.58. The molecule has 0 aliphatic heterocycles. The topological polar surface area (TPSA) is 26.3 Å². The van der Waals surface area contributed by atoms with Crippen LogP contribution in [0.25, 0.3) is 0 Å². The van der Waals surface area contributed by atoms with Crippen molar-refractivity contribution in [1.82, 2.24) is 0 Å². The van der Waals surface area contributed by atoms with Crippen LogP contribution in [-0.4, -0.2) is 11.9 Å². The lowest BCUT2D eigenvalue weighted by Gasteiger charge is -2.12. The van der Waals surface area contributed by atoms with Crippen LogP contribution in [0.5, 0.6) is 5.75 Å². The van der Waals surface area contributed by atoms with Gasteiger partial charge >= 0.3 is 0 Å². The highest BCUT2D eigenvalue weighted by atomic mass is 127. The van der Waals surface area contributed by atoms with Crippen molar-refractivity contribution in [3.63, 3.8) is 0 Å². The molecule has 0 heterocycles. The maximum atomic E-state index is 10.9. The highest BCUT2D eigenvalue weighted by molar-refractivity contribution is 14.1. The first-order valence-electron chi connectivity index (χ1n) is 4.03. The number of carbonyl (C=O) groups is 1. The molecule has 0 unspecified atom stereocenters. The number of Topliss-reactive ketones (excluding diaryl/α,β-unsaturated/α-hetero) is 1. The third kappa shape index (κ3) is 2.99. The van der Waals surface area contributed by atoms with Gasteiger partial charge in [0, 0.05) is 0 Å². The summed E-state index contributed by atoms with van der Waals surface area (Å²) in [4.78, 5) is 10.9. The van der Waals surface area contributed by atoms with Crippen LogP contribution in [0.3, 0.4) is 0 Å². The van der Waals surface area contributed by atoms with E-state index < -0.39 is 0 Å². The summed E-state index contributed by atoms with van der Waals surface area (Å²) < 4.78 is 6.47. The van der Waals surface area contributed by atoms with Crippen LogP contribution in [0.1, 0.15) is 13.8 Å². The average Bonchev–Trinajstić information content (AvgIpc) is 2.08. The third-order valence-electron chi connectivity index (χ3n) is 1.71. The minimum Gasteiger partial charge on any atom is -0.482 e. The Morgan fingerprint density at radius 2 is 2.08 bits per heavy atom. The smallest absolute Gasteiger partial charge is 0.169 e. The number of ketones is 1. The maximum absolute atomic E-state index is 10.9. The molecule has 0 saturated carbocycles. The van der Waals surface area contributed by atoms with E-state index in [-0.39, 0.29) is 11.9 Å². The maximum Gasteiger partial charge on any atom is 0.169 e. The molecule has 1 atom stereocenters. The van der Waals surface area contributed by atoms with Crippen LogP contribution in [0.2, 0.25) is 0 Å². The fourth-order valence-electron chi connectivity index (χ4n) is 0.814. The van der Waals surface area contributed by atoms with E-state index in [0.717, 1.165) is 9.32 Å². The molecule has 0 amide bonds. The number of carbonyl (C=O) groups excluding carboxylic acids is 1. The lowest BCUT2D eigenvalue weighted by molar-refractivity contribution is -0.122. The summed E-state index contributed by atoms with van der Waals surface area (Å²) in [7, 11) is 0. The predicted octanol–water partition coefficient (Wildman–Crippen LogP) is 2.65. The Kier molecular flexibility index (Phi) is 3.71. The van der Waals surface area contributed by atoms with Gasteiger partial charge in [-0.3, -0.25) is 4.79 Å². The molecule has 0 bridgehead atoms. The molecule has 0 radical (unpaired) electrons. The van der Waals surface area contributed by atoms with Gasteiger partial charge in [-0.05, 0) is 48.6 Å². The van der Waals surface area contributed by atoms with E-state index in [0.29, 0.717) is 0 Å². The van der Waals surface area contributed by atoms with Crippen molar-refractivity contribution >= 4 is 28.4 Å². The quantitative estimate of drug-likeness (QED) is 0.800. The Balaban J connectivity index is 2.74. The van der Waals surface area contributed by atoms with Gasteiger partial charge in [-0.25, -0.2) is 0 Å². The second-order valence-electron chi connectivity index (χ2n) is 2.80. The second-order valence-corrected chi connectivity index (χ2v) is 3.96. The molecule has 0 saturated heterocycles. The minimum absolute atomic E-state index is 0.0413. The first kappa shape index (κ1) is 10.5. The number of hydrogen-bond acceptors (Lipinski definition) is 2. The van der Waals surface area contributed by atoms with Gasteiger partial charge in [0.1, 0.15) is 5.75 Å². The molecule has 1 aromatic rings. The van der Waals surface area contributed by atoms with Gasteiger partial charge in [0.15, 0.2) is 11.9 Å². The van der Waals surface area contributed by atoms with Crippen molar-refractivity contribution in [3.8, 4) is 5.75 Å². The van der Waals surface area contributed by atoms with Crippen LogP contribution in [0.4, 0.5) is 0 Å². The number of rotatable bonds is 3. The molecule has 0 fully saturated rings. The van der Waals surface area contributed by atoms with Crippen LogP contribution in [-0.2, 0) is 4.79 Å². The largest absolute Gasteiger partial charge is 0.482 e. The third-order valence-corrected chi connectivity index (χ3v) is 2.60. The molecule has 1 rings (SSSR count). The van der Waals surface area contributed by atoms with Gasteiger partial charge in [0.25, 0.3) is 0 Å². The summed E-state index contributed by atoms with van der Waals surface area (Å²) >= 11 is 2.18. The number of hydrogen-bond donors (Lipinski definition) is 0. The van der Waals surface area contributed by atoms with Crippen molar-refractivity contribution < 1.29 is 9.53 Å². The Morgan fingerprint density at radius 3 is 2.62 bits per heavy atom. The van der Waals surface area contributed by atoms with E-state index in [1.165, 1.54) is 6.92 Å². The standard InChI is InChI=1S/C10H11IO2/c1-7(12)8(2)13-10-6-4-3-5-9(10)11/h3-6,8H,1-2H3/t8-/m0/s1. The Morgan fingerprint density at radius 1 is 1.46 bits per heavy atom. The van der Waals surface area contributed by atoms with Crippen LogP contribution in [0, 0.1) is 3.57 Å². The average molecular weight is 290 g/mol. The highest BCUT2D eigenvalue weighted by Crippen LogP contribution is 2.20. The van der Waals surface area contributed by atoms with Gasteiger partial charge in [0.05, 0.1) is 3.57 Å². The summed E-state index contributed by atoms with van der Waals surface area (Å²) in [6.07, 6.45) is -0.365. The molecule has 2 nitrogen and oxygen atoms in total. The van der Waals surface area contributed by atoms with Crippen molar-refractivity contribution in [3.05, 3.63) is 27.8 Å². The Labute approximate surface area is 91.4 Å². The summed E-state index contributed by atoms with van der Waals surface area (Å²) in [5.41, 5.74) is 0. The van der Waals surface area contributed by atoms with Crippen LogP contribution in [0.15, 0.2) is 24.3 Å². The molecule has 0 N–H and O–H groups in total. The molecule has 13 heavy (non-hydrogen) atoms. The first-order valence-corrected chi connectivity index (χ1v) is 5.11. The zero-order chi connectivity index (χ0) is 9.84. The molecule has 3 heteroatoms. The van der Waals surface area contributed by atoms with E-state index in [1.54, 1.807) is 6.92 Å². The number of halogens is 1. The Bertz CT molecular complexity index is 310. The minimum atomic E-state index is -0.365. The van der Waals surface area contributed by atoms with E-state index in [2.05, 4.69) is 22.6 Å². The van der Waals surface area contributed by atoms with Gasteiger partial charge in [-0.2, -0.15) is 0 Å². The summed E-state index contributed by atoms with van der Waals surface area (Å²) in [5, 5.41) is 0. The van der Waals surface area contributed by atoms with Crippen molar-refractivity contribution in [2.75, 3.05) is 0 Å². The predicted molar refractivity (Wildman–Crippen MR) is 59.9 cm³/mol. The fraction of sp³-hybridized carbons (Fsp3) is 0.300. The van der Waals surface area contributed by atoms with E-state index >= 15 is 0 Å². The molecular formula is C10H11IO2. The van der Waals surface area contributed by atoms with Crippen LogP contribution < -0.4 is 4.74 Å². The monoisotopic (exact) mass is 290 g/mol. The summed E-state index contributed by atoms with van der Waals surface area (Å²) in [5.74, 6) is 0.811. The van der Waals surface area contributed by atoms with Gasteiger partial charge in [-0.1, -0.05) is 12.1 Å². The van der Waals surface area contributed by atoms with E-state index in [4.69, 9.17) is 4.74 Å². The van der Waals surface area contributed by atoms with E-state index in [1.807, 2.05) is 24.3 Å². The molecule has 1 aromatic carbocycles. The molecule has 70 valence electrons. The number of ether oxygens (including phenoxy) is 1. The lowest BCUT2D eigenvalue weighted by Crippen LogP contribution is -2.20. The summed E-state index contributed by atoms with van der Waals surface area (Å²) in [6, 6.07) is 7.64. The fourth-order valence-corrected chi connectivity index (χ4v) is 1.33. The SMILES string of the molecule is CC(=O)[C@H](C)Oc1ccccc1I. The zero-order valence-corrected chi connectivity index (χ0v) is 9.74. The lowest BCUT2D eigenvalue weighted by atomic mass is 10.3. The van der Waals surface area contributed by atoms with E-state index in [9.17, 15) is 4.79 Å². The van der Waals surface area contributed by atoms with Crippen molar-refractivity contribution in [2.24, 2.45) is 0 Å².